The van der Waals surface area contributed by atoms with Gasteiger partial charge in [-0.05, 0) is 56.0 Å². The van der Waals surface area contributed by atoms with Crippen molar-refractivity contribution < 1.29 is 4.79 Å². The topological polar surface area (TPSA) is 56.1 Å². The van der Waals surface area contributed by atoms with E-state index in [1.54, 1.807) is 17.4 Å². The average molecular weight is 337 g/mol. The first kappa shape index (κ1) is 16.4. The highest BCUT2D eigenvalue weighted by Crippen LogP contribution is 2.34. The first-order chi connectivity index (χ1) is 11.6. The van der Waals surface area contributed by atoms with Gasteiger partial charge in [0.2, 0.25) is 0 Å². The second-order valence-corrected chi connectivity index (χ2v) is 6.93. The lowest BCUT2D eigenvalue weighted by atomic mass is 9.99. The van der Waals surface area contributed by atoms with Crippen LogP contribution in [0.3, 0.4) is 0 Å². The standard InChI is InChI=1S/C19H19N3OS/c1-22(2)9-4-8-21-19(23)17-11-16-13(12-20)5-3-6-14(16)15-7-10-24-18(15)17/h3,5-7,10-11H,4,8-9H2,1-2H3,(H,21,23). The molecule has 0 fully saturated rings. The Hall–Kier alpha value is -2.42. The molecule has 3 aromatic rings. The molecule has 122 valence electrons. The number of fused-ring (bicyclic) bond motifs is 3. The van der Waals surface area contributed by atoms with Gasteiger partial charge in [-0.3, -0.25) is 4.79 Å². The van der Waals surface area contributed by atoms with Gasteiger partial charge in [-0.25, -0.2) is 0 Å². The molecule has 0 aliphatic rings. The number of hydrogen-bond acceptors (Lipinski definition) is 4. The first-order valence-electron chi connectivity index (χ1n) is 7.88. The van der Waals surface area contributed by atoms with Crippen molar-refractivity contribution in [2.24, 2.45) is 0 Å². The van der Waals surface area contributed by atoms with E-state index in [9.17, 15) is 10.1 Å². The number of carbonyl (C=O) groups is 1. The van der Waals surface area contributed by atoms with Crippen molar-refractivity contribution in [3.63, 3.8) is 0 Å². The van der Waals surface area contributed by atoms with E-state index < -0.39 is 0 Å². The van der Waals surface area contributed by atoms with Crippen molar-refractivity contribution in [1.82, 2.24) is 10.2 Å². The number of nitrogens with one attached hydrogen (secondary N) is 1. The second kappa shape index (κ2) is 7.00. The predicted molar refractivity (Wildman–Crippen MR) is 99.6 cm³/mol. The Morgan fingerprint density at radius 3 is 2.83 bits per heavy atom. The number of carbonyl (C=O) groups excluding carboxylic acids is 1. The Kier molecular flexibility index (Phi) is 4.79. The third kappa shape index (κ3) is 3.12. The van der Waals surface area contributed by atoms with Crippen LogP contribution in [0.2, 0.25) is 0 Å². The molecule has 3 rings (SSSR count). The van der Waals surface area contributed by atoms with Gasteiger partial charge < -0.3 is 10.2 Å². The number of nitriles is 1. The minimum absolute atomic E-state index is 0.0733. The molecule has 0 spiro atoms. The summed E-state index contributed by atoms with van der Waals surface area (Å²) < 4.78 is 0.975. The number of nitrogens with zero attached hydrogens (tertiary/aromatic N) is 2. The van der Waals surface area contributed by atoms with E-state index in [-0.39, 0.29) is 5.91 Å². The van der Waals surface area contributed by atoms with E-state index in [0.717, 1.165) is 33.8 Å². The summed E-state index contributed by atoms with van der Waals surface area (Å²) >= 11 is 1.56. The van der Waals surface area contributed by atoms with Crippen molar-refractivity contribution in [3.05, 3.63) is 46.8 Å². The fourth-order valence-corrected chi connectivity index (χ4v) is 3.78. The molecule has 1 heterocycles. The number of hydrogen-bond donors (Lipinski definition) is 1. The fraction of sp³-hybridized carbons (Fsp3) is 0.263. The van der Waals surface area contributed by atoms with E-state index in [2.05, 4.69) is 16.3 Å². The van der Waals surface area contributed by atoms with E-state index >= 15 is 0 Å². The van der Waals surface area contributed by atoms with Crippen LogP contribution in [0.1, 0.15) is 22.3 Å². The Morgan fingerprint density at radius 1 is 1.25 bits per heavy atom. The maximum absolute atomic E-state index is 12.6. The van der Waals surface area contributed by atoms with E-state index in [0.29, 0.717) is 17.7 Å². The highest BCUT2D eigenvalue weighted by atomic mass is 32.1. The summed E-state index contributed by atoms with van der Waals surface area (Å²) in [6.45, 7) is 1.58. The van der Waals surface area contributed by atoms with Crippen LogP contribution in [0.5, 0.6) is 0 Å². The molecule has 0 saturated heterocycles. The number of benzene rings is 2. The summed E-state index contributed by atoms with van der Waals surface area (Å²) in [5.74, 6) is -0.0733. The van der Waals surface area contributed by atoms with Gasteiger partial charge in [0.1, 0.15) is 0 Å². The van der Waals surface area contributed by atoms with Crippen LogP contribution in [0.4, 0.5) is 0 Å². The summed E-state index contributed by atoms with van der Waals surface area (Å²) in [5.41, 5.74) is 1.25. The lowest BCUT2D eigenvalue weighted by Crippen LogP contribution is -2.27. The minimum Gasteiger partial charge on any atom is -0.352 e. The molecule has 2 aromatic carbocycles. The van der Waals surface area contributed by atoms with Crippen molar-refractivity contribution in [2.45, 2.75) is 6.42 Å². The molecular weight excluding hydrogens is 318 g/mol. The molecule has 0 unspecified atom stereocenters. The zero-order valence-electron chi connectivity index (χ0n) is 13.8. The quantitative estimate of drug-likeness (QED) is 0.724. The second-order valence-electron chi connectivity index (χ2n) is 6.01. The number of rotatable bonds is 5. The lowest BCUT2D eigenvalue weighted by Gasteiger charge is -2.11. The van der Waals surface area contributed by atoms with Gasteiger partial charge in [-0.2, -0.15) is 5.26 Å². The van der Waals surface area contributed by atoms with Crippen LogP contribution < -0.4 is 5.32 Å². The fourth-order valence-electron chi connectivity index (χ4n) is 2.85. The predicted octanol–water partition coefficient (Wildman–Crippen LogP) is 3.61. The van der Waals surface area contributed by atoms with Crippen LogP contribution in [0.25, 0.3) is 20.9 Å². The molecule has 24 heavy (non-hydrogen) atoms. The molecule has 5 heteroatoms. The molecule has 0 saturated carbocycles. The van der Waals surface area contributed by atoms with Crippen molar-refractivity contribution in [3.8, 4) is 6.07 Å². The van der Waals surface area contributed by atoms with Crippen molar-refractivity contribution >= 4 is 38.1 Å². The molecule has 0 aliphatic carbocycles. The van der Waals surface area contributed by atoms with Crippen molar-refractivity contribution in [1.29, 1.82) is 5.26 Å². The zero-order valence-corrected chi connectivity index (χ0v) is 14.6. The smallest absolute Gasteiger partial charge is 0.252 e. The van der Waals surface area contributed by atoms with Crippen LogP contribution in [-0.4, -0.2) is 38.0 Å². The average Bonchev–Trinajstić information content (AvgIpc) is 3.07. The Bertz CT molecular complexity index is 937. The highest BCUT2D eigenvalue weighted by molar-refractivity contribution is 7.17. The van der Waals surface area contributed by atoms with Crippen molar-refractivity contribution in [2.75, 3.05) is 27.2 Å². The molecule has 0 aliphatic heterocycles. The van der Waals surface area contributed by atoms with Crippen LogP contribution in [0, 0.1) is 11.3 Å². The number of amides is 1. The van der Waals surface area contributed by atoms with Gasteiger partial charge in [0.25, 0.3) is 5.91 Å². The minimum atomic E-state index is -0.0733. The summed E-state index contributed by atoms with van der Waals surface area (Å²) in [7, 11) is 4.04. The van der Waals surface area contributed by atoms with Gasteiger partial charge in [0.05, 0.1) is 17.2 Å². The molecule has 0 radical (unpaired) electrons. The molecular formula is C19H19N3OS. The van der Waals surface area contributed by atoms with Gasteiger partial charge in [0.15, 0.2) is 0 Å². The molecule has 4 nitrogen and oxygen atoms in total. The van der Waals surface area contributed by atoms with Crippen LogP contribution in [0.15, 0.2) is 35.7 Å². The number of thiophene rings is 1. The van der Waals surface area contributed by atoms with Crippen LogP contribution in [-0.2, 0) is 0 Å². The van der Waals surface area contributed by atoms with Gasteiger partial charge in [0, 0.05) is 22.0 Å². The van der Waals surface area contributed by atoms with E-state index in [1.807, 2.05) is 43.7 Å². The third-order valence-electron chi connectivity index (χ3n) is 4.03. The van der Waals surface area contributed by atoms with E-state index in [4.69, 9.17) is 0 Å². The third-order valence-corrected chi connectivity index (χ3v) is 4.98. The van der Waals surface area contributed by atoms with Gasteiger partial charge >= 0.3 is 0 Å². The summed E-state index contributed by atoms with van der Waals surface area (Å²) in [6.07, 6.45) is 0.906. The first-order valence-corrected chi connectivity index (χ1v) is 8.75. The normalized spacial score (nSPS) is 11.1. The molecule has 1 amide bonds. The molecule has 0 bridgehead atoms. The van der Waals surface area contributed by atoms with Crippen LogP contribution >= 0.6 is 11.3 Å². The summed E-state index contributed by atoms with van der Waals surface area (Å²) in [4.78, 5) is 14.7. The Labute approximate surface area is 145 Å². The zero-order chi connectivity index (χ0) is 17.1. The SMILES string of the molecule is CN(C)CCCNC(=O)c1cc2c(C#N)cccc2c2ccsc12. The monoisotopic (exact) mass is 337 g/mol. The largest absolute Gasteiger partial charge is 0.352 e. The molecule has 1 aromatic heterocycles. The maximum Gasteiger partial charge on any atom is 0.252 e. The summed E-state index contributed by atoms with van der Waals surface area (Å²) in [5, 5.41) is 17.2. The highest BCUT2D eigenvalue weighted by Gasteiger charge is 2.15. The van der Waals surface area contributed by atoms with E-state index in [1.165, 1.54) is 0 Å². The van der Waals surface area contributed by atoms with Gasteiger partial charge in [-0.1, -0.05) is 12.1 Å². The lowest BCUT2D eigenvalue weighted by molar-refractivity contribution is 0.0954. The molecule has 1 N–H and O–H groups in total. The molecule has 0 atom stereocenters. The van der Waals surface area contributed by atoms with Gasteiger partial charge in [-0.15, -0.1) is 11.3 Å². The Balaban J connectivity index is 1.99. The summed E-state index contributed by atoms with van der Waals surface area (Å²) in [6, 6.07) is 11.8. The maximum atomic E-state index is 12.6. The Morgan fingerprint density at radius 2 is 2.08 bits per heavy atom.